The third kappa shape index (κ3) is 2.45. The van der Waals surface area contributed by atoms with Crippen LogP contribution in [0.3, 0.4) is 0 Å². The minimum Gasteiger partial charge on any atom is -0.390 e. The molecule has 20 heavy (non-hydrogen) atoms. The molecular formula is C14H17NO4S. The fraction of sp³-hybridized carbons (Fsp3) is 0.500. The van der Waals surface area contributed by atoms with Crippen molar-refractivity contribution >= 4 is 15.7 Å². The number of aliphatic hydroxyl groups is 1. The molecule has 1 aliphatic carbocycles. The first-order valence-corrected chi connectivity index (χ1v) is 8.55. The molecule has 0 saturated carbocycles. The second-order valence-electron chi connectivity index (χ2n) is 5.56. The number of aliphatic hydroxyl groups excluding tert-OH is 1. The lowest BCUT2D eigenvalue weighted by atomic mass is 10.0. The Morgan fingerprint density at radius 3 is 2.75 bits per heavy atom. The number of carbonyl (C=O) groups excluding carboxylic acids is 1. The zero-order valence-electron chi connectivity index (χ0n) is 11.0. The first kappa shape index (κ1) is 13.6. The first-order valence-electron chi connectivity index (χ1n) is 6.73. The Morgan fingerprint density at radius 1 is 1.30 bits per heavy atom. The van der Waals surface area contributed by atoms with Gasteiger partial charge < -0.3 is 10.4 Å². The van der Waals surface area contributed by atoms with Crippen molar-refractivity contribution in [1.82, 2.24) is 5.32 Å². The number of amides is 1. The zero-order chi connectivity index (χ0) is 14.3. The summed E-state index contributed by atoms with van der Waals surface area (Å²) in [4.78, 5) is 12.2. The summed E-state index contributed by atoms with van der Waals surface area (Å²) >= 11 is 0. The lowest BCUT2D eigenvalue weighted by Gasteiger charge is -2.20. The van der Waals surface area contributed by atoms with Gasteiger partial charge in [0.2, 0.25) is 5.91 Å². The summed E-state index contributed by atoms with van der Waals surface area (Å²) in [7, 11) is -3.07. The van der Waals surface area contributed by atoms with E-state index in [0.717, 1.165) is 11.1 Å². The SMILES string of the molecule is O=C(N[C@H]1c2ccccc2C[C@H]1O)C1CCS(=O)(=O)C1. The van der Waals surface area contributed by atoms with Gasteiger partial charge in [0.25, 0.3) is 0 Å². The minimum atomic E-state index is -3.07. The molecule has 3 rings (SSSR count). The molecular weight excluding hydrogens is 278 g/mol. The third-order valence-electron chi connectivity index (χ3n) is 4.10. The molecule has 5 nitrogen and oxygen atoms in total. The van der Waals surface area contributed by atoms with Crippen molar-refractivity contribution in [2.45, 2.75) is 25.0 Å². The molecule has 1 heterocycles. The maximum absolute atomic E-state index is 12.2. The molecule has 1 amide bonds. The highest BCUT2D eigenvalue weighted by Gasteiger charge is 2.37. The number of fused-ring (bicyclic) bond motifs is 1. The summed E-state index contributed by atoms with van der Waals surface area (Å²) in [5, 5.41) is 12.9. The topological polar surface area (TPSA) is 83.5 Å². The normalized spacial score (nSPS) is 30.9. The quantitative estimate of drug-likeness (QED) is 0.816. The maximum atomic E-state index is 12.2. The average molecular weight is 295 g/mol. The van der Waals surface area contributed by atoms with Crippen LogP contribution in [0.15, 0.2) is 24.3 Å². The lowest BCUT2D eigenvalue weighted by molar-refractivity contribution is -0.125. The van der Waals surface area contributed by atoms with Crippen LogP contribution in [-0.2, 0) is 21.1 Å². The standard InChI is InChI=1S/C14H17NO4S/c16-12-7-9-3-1-2-4-11(9)13(12)15-14(17)10-5-6-20(18,19)8-10/h1-4,10,12-13,16H,5-8H2,(H,15,17)/t10?,12-,13+/m1/s1. The van der Waals surface area contributed by atoms with Crippen molar-refractivity contribution in [3.05, 3.63) is 35.4 Å². The largest absolute Gasteiger partial charge is 0.390 e. The Morgan fingerprint density at radius 2 is 2.05 bits per heavy atom. The number of sulfone groups is 1. The molecule has 0 radical (unpaired) electrons. The van der Waals surface area contributed by atoms with Gasteiger partial charge in [-0.3, -0.25) is 4.79 Å². The van der Waals surface area contributed by atoms with Gasteiger partial charge in [-0.25, -0.2) is 8.42 Å². The second-order valence-corrected chi connectivity index (χ2v) is 7.79. The second kappa shape index (κ2) is 4.86. The van der Waals surface area contributed by atoms with E-state index < -0.39 is 27.9 Å². The van der Waals surface area contributed by atoms with Crippen molar-refractivity contribution in [2.75, 3.05) is 11.5 Å². The van der Waals surface area contributed by atoms with Crippen LogP contribution in [0, 0.1) is 5.92 Å². The van der Waals surface area contributed by atoms with E-state index in [9.17, 15) is 18.3 Å². The molecule has 1 aliphatic heterocycles. The summed E-state index contributed by atoms with van der Waals surface area (Å²) < 4.78 is 22.8. The molecule has 0 bridgehead atoms. The Hall–Kier alpha value is -1.40. The molecule has 1 unspecified atom stereocenters. The number of hydrogen-bond acceptors (Lipinski definition) is 4. The Balaban J connectivity index is 1.74. The lowest BCUT2D eigenvalue weighted by Crippen LogP contribution is -2.38. The number of benzene rings is 1. The van der Waals surface area contributed by atoms with Gasteiger partial charge in [0.05, 0.1) is 29.6 Å². The van der Waals surface area contributed by atoms with Gasteiger partial charge >= 0.3 is 0 Å². The van der Waals surface area contributed by atoms with E-state index in [4.69, 9.17) is 0 Å². The molecule has 1 fully saturated rings. The summed E-state index contributed by atoms with van der Waals surface area (Å²) in [6, 6.07) is 7.17. The zero-order valence-corrected chi connectivity index (χ0v) is 11.8. The predicted molar refractivity (Wildman–Crippen MR) is 73.8 cm³/mol. The van der Waals surface area contributed by atoms with E-state index in [2.05, 4.69) is 5.32 Å². The molecule has 1 aromatic carbocycles. The average Bonchev–Trinajstić information content (AvgIpc) is 2.91. The highest BCUT2D eigenvalue weighted by Crippen LogP contribution is 2.32. The van der Waals surface area contributed by atoms with Crippen LogP contribution in [0.4, 0.5) is 0 Å². The third-order valence-corrected chi connectivity index (χ3v) is 5.87. The molecule has 6 heteroatoms. The molecule has 108 valence electrons. The smallest absolute Gasteiger partial charge is 0.224 e. The van der Waals surface area contributed by atoms with Crippen LogP contribution >= 0.6 is 0 Å². The van der Waals surface area contributed by atoms with Crippen molar-refractivity contribution < 1.29 is 18.3 Å². The fourth-order valence-corrected chi connectivity index (χ4v) is 4.76. The van der Waals surface area contributed by atoms with Gasteiger partial charge in [-0.1, -0.05) is 24.3 Å². The highest BCUT2D eigenvalue weighted by molar-refractivity contribution is 7.91. The molecule has 1 saturated heterocycles. The first-order chi connectivity index (χ1) is 9.46. The molecule has 1 aromatic rings. The highest BCUT2D eigenvalue weighted by atomic mass is 32.2. The number of hydrogen-bond donors (Lipinski definition) is 2. The number of nitrogens with one attached hydrogen (secondary N) is 1. The molecule has 0 aromatic heterocycles. The van der Waals surface area contributed by atoms with Crippen LogP contribution < -0.4 is 5.32 Å². The van der Waals surface area contributed by atoms with Crippen LogP contribution in [0.1, 0.15) is 23.6 Å². The van der Waals surface area contributed by atoms with Crippen LogP contribution in [-0.4, -0.2) is 37.0 Å². The van der Waals surface area contributed by atoms with Crippen molar-refractivity contribution in [1.29, 1.82) is 0 Å². The molecule has 0 spiro atoms. The predicted octanol–water partition coefficient (Wildman–Crippen LogP) is 0.196. The Labute approximate surface area is 117 Å². The maximum Gasteiger partial charge on any atom is 0.224 e. The molecule has 2 N–H and O–H groups in total. The van der Waals surface area contributed by atoms with Crippen LogP contribution in [0.2, 0.25) is 0 Å². The monoisotopic (exact) mass is 295 g/mol. The van der Waals surface area contributed by atoms with E-state index in [0.29, 0.717) is 12.8 Å². The van der Waals surface area contributed by atoms with E-state index in [1.807, 2.05) is 24.3 Å². The van der Waals surface area contributed by atoms with Crippen LogP contribution in [0.5, 0.6) is 0 Å². The van der Waals surface area contributed by atoms with E-state index in [1.165, 1.54) is 0 Å². The number of carbonyl (C=O) groups is 1. The fourth-order valence-electron chi connectivity index (χ4n) is 3.02. The van der Waals surface area contributed by atoms with Crippen molar-refractivity contribution in [3.8, 4) is 0 Å². The van der Waals surface area contributed by atoms with Gasteiger partial charge in [0.1, 0.15) is 0 Å². The van der Waals surface area contributed by atoms with Gasteiger partial charge in [0, 0.05) is 6.42 Å². The molecule has 2 aliphatic rings. The van der Waals surface area contributed by atoms with Crippen molar-refractivity contribution in [2.24, 2.45) is 5.92 Å². The summed E-state index contributed by atoms with van der Waals surface area (Å²) in [6.07, 6.45) is 0.247. The Kier molecular flexibility index (Phi) is 3.30. The summed E-state index contributed by atoms with van der Waals surface area (Å²) in [6.45, 7) is 0. The summed E-state index contributed by atoms with van der Waals surface area (Å²) in [5.41, 5.74) is 1.96. The van der Waals surface area contributed by atoms with Gasteiger partial charge in [0.15, 0.2) is 9.84 Å². The van der Waals surface area contributed by atoms with Crippen molar-refractivity contribution in [3.63, 3.8) is 0 Å². The van der Waals surface area contributed by atoms with Crippen LogP contribution in [0.25, 0.3) is 0 Å². The van der Waals surface area contributed by atoms with Gasteiger partial charge in [-0.05, 0) is 17.5 Å². The Bertz CT molecular complexity index is 640. The minimum absolute atomic E-state index is 0.0783. The summed E-state index contributed by atoms with van der Waals surface area (Å²) in [5.74, 6) is -0.759. The van der Waals surface area contributed by atoms with Gasteiger partial charge in [-0.2, -0.15) is 0 Å². The number of rotatable bonds is 2. The van der Waals surface area contributed by atoms with E-state index in [-0.39, 0.29) is 17.4 Å². The van der Waals surface area contributed by atoms with Gasteiger partial charge in [-0.15, -0.1) is 0 Å². The van der Waals surface area contributed by atoms with E-state index >= 15 is 0 Å². The van der Waals surface area contributed by atoms with E-state index in [1.54, 1.807) is 0 Å². The molecule has 3 atom stereocenters.